The van der Waals surface area contributed by atoms with Crippen molar-refractivity contribution in [1.29, 1.82) is 0 Å². The Morgan fingerprint density at radius 3 is 2.38 bits per heavy atom. The van der Waals surface area contributed by atoms with E-state index in [0.29, 0.717) is 5.69 Å². The molecular formula is C16H14N2O2S. The van der Waals surface area contributed by atoms with Gasteiger partial charge in [0.2, 0.25) is 0 Å². The van der Waals surface area contributed by atoms with Crippen LogP contribution in [0.2, 0.25) is 0 Å². The molecule has 1 aliphatic heterocycles. The number of aryl methyl sites for hydroxylation is 1. The van der Waals surface area contributed by atoms with Gasteiger partial charge in [-0.05, 0) is 42.4 Å². The van der Waals surface area contributed by atoms with Gasteiger partial charge in [0.05, 0.1) is 5.69 Å². The fourth-order valence-electron chi connectivity index (χ4n) is 2.22. The fourth-order valence-corrected chi connectivity index (χ4v) is 3.12. The smallest absolute Gasteiger partial charge is 0.295 e. The van der Waals surface area contributed by atoms with E-state index in [9.17, 15) is 9.59 Å². The van der Waals surface area contributed by atoms with Crippen LogP contribution in [0, 0.1) is 6.92 Å². The molecule has 3 rings (SSSR count). The molecule has 4 nitrogen and oxygen atoms in total. The minimum Gasteiger partial charge on any atom is -0.365 e. The minimum absolute atomic E-state index is 0.233. The first kappa shape index (κ1) is 13.7. The SMILES string of the molecule is Cc1ccccc1N1C(=O)SC(Nc2ccccc2)C1=O. The van der Waals surface area contributed by atoms with Crippen molar-refractivity contribution in [3.8, 4) is 0 Å². The third kappa shape index (κ3) is 2.64. The van der Waals surface area contributed by atoms with Gasteiger partial charge in [-0.2, -0.15) is 0 Å². The maximum Gasteiger partial charge on any atom is 0.295 e. The Balaban J connectivity index is 1.84. The van der Waals surface area contributed by atoms with E-state index in [1.54, 1.807) is 6.07 Å². The summed E-state index contributed by atoms with van der Waals surface area (Å²) in [6, 6.07) is 16.8. The highest BCUT2D eigenvalue weighted by molar-refractivity contribution is 8.16. The summed E-state index contributed by atoms with van der Waals surface area (Å²) in [5.41, 5.74) is 2.38. The van der Waals surface area contributed by atoms with E-state index in [2.05, 4.69) is 5.32 Å². The maximum absolute atomic E-state index is 12.5. The summed E-state index contributed by atoms with van der Waals surface area (Å²) < 4.78 is 0. The van der Waals surface area contributed by atoms with Gasteiger partial charge in [0.15, 0.2) is 5.37 Å². The van der Waals surface area contributed by atoms with Crippen LogP contribution in [-0.4, -0.2) is 16.5 Å². The molecule has 1 aliphatic rings. The highest BCUT2D eigenvalue weighted by Gasteiger charge is 2.41. The van der Waals surface area contributed by atoms with E-state index < -0.39 is 5.37 Å². The van der Waals surface area contributed by atoms with Crippen molar-refractivity contribution in [1.82, 2.24) is 0 Å². The van der Waals surface area contributed by atoms with Crippen LogP contribution in [0.5, 0.6) is 0 Å². The second-order valence-corrected chi connectivity index (χ2v) is 5.79. The van der Waals surface area contributed by atoms with E-state index in [-0.39, 0.29) is 11.1 Å². The number of para-hydroxylation sites is 2. The summed E-state index contributed by atoms with van der Waals surface area (Å²) in [5, 5.41) is 2.26. The molecule has 1 N–H and O–H groups in total. The zero-order valence-corrected chi connectivity index (χ0v) is 12.3. The third-order valence-corrected chi connectivity index (χ3v) is 4.21. The number of thioether (sulfide) groups is 1. The number of carbonyl (C=O) groups excluding carboxylic acids is 2. The molecule has 1 unspecified atom stereocenters. The molecule has 0 bridgehead atoms. The van der Waals surface area contributed by atoms with Gasteiger partial charge < -0.3 is 5.32 Å². The molecule has 2 aromatic carbocycles. The minimum atomic E-state index is -0.584. The molecule has 5 heteroatoms. The molecule has 1 fully saturated rings. The molecule has 1 saturated heterocycles. The van der Waals surface area contributed by atoms with Gasteiger partial charge in [0, 0.05) is 5.69 Å². The number of hydrogen-bond donors (Lipinski definition) is 1. The van der Waals surface area contributed by atoms with Crippen LogP contribution < -0.4 is 10.2 Å². The number of nitrogens with zero attached hydrogens (tertiary/aromatic N) is 1. The Bertz CT molecular complexity index is 688. The monoisotopic (exact) mass is 298 g/mol. The van der Waals surface area contributed by atoms with Crippen molar-refractivity contribution in [3.05, 3.63) is 60.2 Å². The molecular weight excluding hydrogens is 284 g/mol. The number of hydrogen-bond acceptors (Lipinski definition) is 4. The molecule has 1 atom stereocenters. The van der Waals surface area contributed by atoms with E-state index in [1.807, 2.05) is 55.5 Å². The van der Waals surface area contributed by atoms with Crippen molar-refractivity contribution < 1.29 is 9.59 Å². The van der Waals surface area contributed by atoms with Gasteiger partial charge in [-0.3, -0.25) is 9.59 Å². The van der Waals surface area contributed by atoms with Crippen molar-refractivity contribution in [3.63, 3.8) is 0 Å². The molecule has 0 aliphatic carbocycles. The van der Waals surface area contributed by atoms with Gasteiger partial charge >= 0.3 is 0 Å². The summed E-state index contributed by atoms with van der Waals surface area (Å²) in [6.45, 7) is 1.89. The standard InChI is InChI=1S/C16H14N2O2S/c1-11-7-5-6-10-13(11)18-15(19)14(21-16(18)20)17-12-8-3-2-4-9-12/h2-10,14,17H,1H3. The molecule has 1 heterocycles. The van der Waals surface area contributed by atoms with Gasteiger partial charge in [0.25, 0.3) is 11.1 Å². The van der Waals surface area contributed by atoms with Crippen molar-refractivity contribution in [2.75, 3.05) is 10.2 Å². The lowest BCUT2D eigenvalue weighted by Crippen LogP contribution is -2.34. The van der Waals surface area contributed by atoms with Crippen molar-refractivity contribution in [2.45, 2.75) is 12.3 Å². The summed E-state index contributed by atoms with van der Waals surface area (Å²) >= 11 is 1.01. The van der Waals surface area contributed by atoms with Crippen LogP contribution in [0.1, 0.15) is 5.56 Å². The van der Waals surface area contributed by atoms with Gasteiger partial charge in [-0.25, -0.2) is 4.90 Å². The molecule has 21 heavy (non-hydrogen) atoms. The largest absolute Gasteiger partial charge is 0.365 e. The zero-order chi connectivity index (χ0) is 14.8. The number of amides is 2. The summed E-state index contributed by atoms with van der Waals surface area (Å²) in [4.78, 5) is 25.9. The zero-order valence-electron chi connectivity index (χ0n) is 11.4. The van der Waals surface area contributed by atoms with E-state index in [1.165, 1.54) is 4.90 Å². The number of carbonyl (C=O) groups is 2. The summed E-state index contributed by atoms with van der Waals surface area (Å²) in [5.74, 6) is -0.233. The van der Waals surface area contributed by atoms with Crippen molar-refractivity contribution in [2.24, 2.45) is 0 Å². The lowest BCUT2D eigenvalue weighted by atomic mass is 10.2. The van der Waals surface area contributed by atoms with Crippen LogP contribution in [-0.2, 0) is 4.79 Å². The number of nitrogens with one attached hydrogen (secondary N) is 1. The van der Waals surface area contributed by atoms with Gasteiger partial charge in [-0.1, -0.05) is 36.4 Å². The average Bonchev–Trinajstić information content (AvgIpc) is 2.76. The average molecular weight is 298 g/mol. The Morgan fingerprint density at radius 1 is 1.00 bits per heavy atom. The topological polar surface area (TPSA) is 49.4 Å². The first-order chi connectivity index (χ1) is 10.2. The van der Waals surface area contributed by atoms with E-state index in [0.717, 1.165) is 23.0 Å². The predicted octanol–water partition coefficient (Wildman–Crippen LogP) is 3.63. The predicted molar refractivity (Wildman–Crippen MR) is 85.5 cm³/mol. The number of benzene rings is 2. The summed E-state index contributed by atoms with van der Waals surface area (Å²) in [6.07, 6.45) is 0. The Kier molecular flexibility index (Phi) is 3.66. The second kappa shape index (κ2) is 5.61. The number of anilines is 2. The molecule has 0 saturated carbocycles. The number of imide groups is 1. The highest BCUT2D eigenvalue weighted by atomic mass is 32.2. The molecule has 2 amide bonds. The molecule has 0 radical (unpaired) electrons. The molecule has 0 spiro atoms. The van der Waals surface area contributed by atoms with Crippen LogP contribution >= 0.6 is 11.8 Å². The fraction of sp³-hybridized carbons (Fsp3) is 0.125. The lowest BCUT2D eigenvalue weighted by molar-refractivity contribution is -0.116. The first-order valence-electron chi connectivity index (χ1n) is 6.58. The maximum atomic E-state index is 12.5. The van der Waals surface area contributed by atoms with E-state index in [4.69, 9.17) is 0 Å². The molecule has 106 valence electrons. The Labute approximate surface area is 127 Å². The lowest BCUT2D eigenvalue weighted by Gasteiger charge is -2.16. The second-order valence-electron chi connectivity index (χ2n) is 4.73. The van der Waals surface area contributed by atoms with Crippen LogP contribution in [0.25, 0.3) is 0 Å². The van der Waals surface area contributed by atoms with Crippen LogP contribution in [0.3, 0.4) is 0 Å². The van der Waals surface area contributed by atoms with Crippen molar-refractivity contribution >= 4 is 34.3 Å². The summed E-state index contributed by atoms with van der Waals surface area (Å²) in [7, 11) is 0. The van der Waals surface area contributed by atoms with E-state index >= 15 is 0 Å². The van der Waals surface area contributed by atoms with Crippen LogP contribution in [0.15, 0.2) is 54.6 Å². The normalized spacial score (nSPS) is 18.1. The highest BCUT2D eigenvalue weighted by Crippen LogP contribution is 2.33. The van der Waals surface area contributed by atoms with Gasteiger partial charge in [0.1, 0.15) is 0 Å². The number of rotatable bonds is 3. The first-order valence-corrected chi connectivity index (χ1v) is 7.46. The molecule has 0 aromatic heterocycles. The Morgan fingerprint density at radius 2 is 1.67 bits per heavy atom. The van der Waals surface area contributed by atoms with Crippen LogP contribution in [0.4, 0.5) is 16.2 Å². The Hall–Kier alpha value is -2.27. The third-order valence-electron chi connectivity index (χ3n) is 3.27. The molecule has 2 aromatic rings. The van der Waals surface area contributed by atoms with Gasteiger partial charge in [-0.15, -0.1) is 0 Å². The quantitative estimate of drug-likeness (QED) is 0.940.